The summed E-state index contributed by atoms with van der Waals surface area (Å²) in [6.07, 6.45) is 2.71. The van der Waals surface area contributed by atoms with Gasteiger partial charge in [0.05, 0.1) is 12.6 Å². The first kappa shape index (κ1) is 17.3. The molecule has 1 aromatic rings. The Kier molecular flexibility index (Phi) is 8.02. The molecule has 6 heteroatoms. The van der Waals surface area contributed by atoms with Crippen molar-refractivity contribution in [2.24, 2.45) is 5.73 Å². The molecular weight excluding hydrogens is 340 g/mol. The third-order valence-electron chi connectivity index (χ3n) is 2.84. The van der Waals surface area contributed by atoms with Crippen LogP contribution in [-0.2, 0) is 4.79 Å². The van der Waals surface area contributed by atoms with Crippen LogP contribution in [-0.4, -0.2) is 49.1 Å². The van der Waals surface area contributed by atoms with Gasteiger partial charge in [0.15, 0.2) is 0 Å². The van der Waals surface area contributed by atoms with Crippen LogP contribution < -0.4 is 10.5 Å². The Hall–Kier alpha value is -0.720. The van der Waals surface area contributed by atoms with Gasteiger partial charge in [-0.25, -0.2) is 0 Å². The minimum absolute atomic E-state index is 0.0292. The van der Waals surface area contributed by atoms with E-state index in [9.17, 15) is 4.79 Å². The van der Waals surface area contributed by atoms with E-state index in [1.54, 1.807) is 23.7 Å². The molecule has 0 aliphatic rings. The molecule has 0 saturated carbocycles. The summed E-state index contributed by atoms with van der Waals surface area (Å²) in [4.78, 5) is 13.6. The summed E-state index contributed by atoms with van der Waals surface area (Å²) < 4.78 is 6.59. The lowest BCUT2D eigenvalue weighted by Crippen LogP contribution is -2.43. The van der Waals surface area contributed by atoms with Crippen molar-refractivity contribution >= 4 is 33.6 Å². The van der Waals surface area contributed by atoms with Gasteiger partial charge in [-0.05, 0) is 42.7 Å². The van der Waals surface area contributed by atoms with E-state index in [-0.39, 0.29) is 5.91 Å². The van der Waals surface area contributed by atoms with Gasteiger partial charge in [-0.1, -0.05) is 15.9 Å². The minimum Gasteiger partial charge on any atom is -0.492 e. The summed E-state index contributed by atoms with van der Waals surface area (Å²) in [6.45, 7) is 0.987. The second-order valence-electron chi connectivity index (χ2n) is 4.45. The highest BCUT2D eigenvalue weighted by Crippen LogP contribution is 2.15. The molecule has 20 heavy (non-hydrogen) atoms. The quantitative estimate of drug-likeness (QED) is 0.772. The van der Waals surface area contributed by atoms with Crippen molar-refractivity contribution in [3.8, 4) is 5.75 Å². The van der Waals surface area contributed by atoms with Crippen LogP contribution in [0.2, 0.25) is 0 Å². The van der Waals surface area contributed by atoms with E-state index < -0.39 is 6.04 Å². The fourth-order valence-corrected chi connectivity index (χ4v) is 2.35. The summed E-state index contributed by atoms with van der Waals surface area (Å²) in [5.41, 5.74) is 5.85. The fourth-order valence-electron chi connectivity index (χ4n) is 1.59. The number of hydrogen-bond donors (Lipinski definition) is 1. The predicted octanol–water partition coefficient (Wildman–Crippen LogP) is 2.37. The number of benzene rings is 1. The van der Waals surface area contributed by atoms with E-state index in [4.69, 9.17) is 10.5 Å². The molecule has 0 bridgehead atoms. The number of rotatable bonds is 8. The van der Waals surface area contributed by atoms with E-state index in [0.29, 0.717) is 19.6 Å². The van der Waals surface area contributed by atoms with Gasteiger partial charge >= 0.3 is 0 Å². The van der Waals surface area contributed by atoms with Crippen molar-refractivity contribution in [1.82, 2.24) is 4.90 Å². The molecule has 0 saturated heterocycles. The SMILES string of the molecule is CSCC[C@@H](N)C(=O)N(C)CCOc1ccc(Br)cc1. The van der Waals surface area contributed by atoms with Gasteiger partial charge in [0, 0.05) is 11.5 Å². The fraction of sp³-hybridized carbons (Fsp3) is 0.500. The molecule has 0 unspecified atom stereocenters. The molecule has 1 atom stereocenters. The second kappa shape index (κ2) is 9.26. The molecule has 0 heterocycles. The van der Waals surface area contributed by atoms with Crippen LogP contribution in [0.15, 0.2) is 28.7 Å². The van der Waals surface area contributed by atoms with E-state index in [1.807, 2.05) is 30.5 Å². The Bertz CT molecular complexity index is 414. The lowest BCUT2D eigenvalue weighted by Gasteiger charge is -2.21. The molecule has 0 aliphatic heterocycles. The monoisotopic (exact) mass is 360 g/mol. The smallest absolute Gasteiger partial charge is 0.239 e. The first-order valence-electron chi connectivity index (χ1n) is 6.42. The average Bonchev–Trinajstić information content (AvgIpc) is 2.45. The van der Waals surface area contributed by atoms with Crippen LogP contribution in [0, 0.1) is 0 Å². The van der Waals surface area contributed by atoms with E-state index in [1.165, 1.54) is 0 Å². The van der Waals surface area contributed by atoms with Crippen LogP contribution in [0.25, 0.3) is 0 Å². The summed E-state index contributed by atoms with van der Waals surface area (Å²) in [6, 6.07) is 7.19. The van der Waals surface area contributed by atoms with E-state index in [0.717, 1.165) is 16.0 Å². The largest absolute Gasteiger partial charge is 0.492 e. The number of carbonyl (C=O) groups is 1. The van der Waals surface area contributed by atoms with Crippen LogP contribution in [0.4, 0.5) is 0 Å². The Morgan fingerprint density at radius 1 is 1.45 bits per heavy atom. The van der Waals surface area contributed by atoms with Crippen molar-refractivity contribution in [2.75, 3.05) is 32.2 Å². The molecule has 0 spiro atoms. The molecule has 0 aromatic heterocycles. The molecule has 1 rings (SSSR count). The van der Waals surface area contributed by atoms with Crippen molar-refractivity contribution in [3.63, 3.8) is 0 Å². The number of carbonyl (C=O) groups excluding carboxylic acids is 1. The Morgan fingerprint density at radius 3 is 2.70 bits per heavy atom. The number of hydrogen-bond acceptors (Lipinski definition) is 4. The number of thioether (sulfide) groups is 1. The number of likely N-dealkylation sites (N-methyl/N-ethyl adjacent to an activating group) is 1. The number of amides is 1. The summed E-state index contributed by atoms with van der Waals surface area (Å²) in [5, 5.41) is 0. The Balaban J connectivity index is 2.30. The summed E-state index contributed by atoms with van der Waals surface area (Å²) in [5.74, 6) is 1.66. The van der Waals surface area contributed by atoms with Crippen LogP contribution in [0.1, 0.15) is 6.42 Å². The van der Waals surface area contributed by atoms with Gasteiger partial charge in [0.2, 0.25) is 5.91 Å². The maximum atomic E-state index is 12.0. The van der Waals surface area contributed by atoms with Crippen molar-refractivity contribution in [1.29, 1.82) is 0 Å². The zero-order valence-electron chi connectivity index (χ0n) is 11.8. The summed E-state index contributed by atoms with van der Waals surface area (Å²) in [7, 11) is 1.76. The van der Waals surface area contributed by atoms with Gasteiger partial charge in [0.1, 0.15) is 12.4 Å². The summed E-state index contributed by atoms with van der Waals surface area (Å²) >= 11 is 5.06. The van der Waals surface area contributed by atoms with Crippen molar-refractivity contribution in [3.05, 3.63) is 28.7 Å². The highest BCUT2D eigenvalue weighted by molar-refractivity contribution is 9.10. The second-order valence-corrected chi connectivity index (χ2v) is 6.35. The molecule has 2 N–H and O–H groups in total. The Labute approximate surface area is 133 Å². The third kappa shape index (κ3) is 6.15. The topological polar surface area (TPSA) is 55.6 Å². The van der Waals surface area contributed by atoms with Gasteiger partial charge < -0.3 is 15.4 Å². The molecule has 1 aromatic carbocycles. The van der Waals surface area contributed by atoms with E-state index >= 15 is 0 Å². The lowest BCUT2D eigenvalue weighted by molar-refractivity contribution is -0.131. The zero-order valence-corrected chi connectivity index (χ0v) is 14.2. The van der Waals surface area contributed by atoms with Gasteiger partial charge in [0.25, 0.3) is 0 Å². The molecular formula is C14H21BrN2O2S. The standard InChI is InChI=1S/C14H21BrN2O2S/c1-17(14(18)13(16)7-10-20-2)8-9-19-12-5-3-11(15)4-6-12/h3-6,13H,7-10,16H2,1-2H3/t13-/m1/s1. The van der Waals surface area contributed by atoms with Crippen LogP contribution in [0.5, 0.6) is 5.75 Å². The first-order chi connectivity index (χ1) is 9.54. The Morgan fingerprint density at radius 2 is 2.10 bits per heavy atom. The van der Waals surface area contributed by atoms with Crippen molar-refractivity contribution in [2.45, 2.75) is 12.5 Å². The average molecular weight is 361 g/mol. The zero-order chi connectivity index (χ0) is 15.0. The molecule has 0 radical (unpaired) electrons. The number of ether oxygens (including phenoxy) is 1. The lowest BCUT2D eigenvalue weighted by atomic mass is 10.2. The first-order valence-corrected chi connectivity index (χ1v) is 8.61. The normalized spacial score (nSPS) is 12.0. The minimum atomic E-state index is -0.417. The predicted molar refractivity (Wildman–Crippen MR) is 88.2 cm³/mol. The highest BCUT2D eigenvalue weighted by Gasteiger charge is 2.17. The molecule has 4 nitrogen and oxygen atoms in total. The van der Waals surface area contributed by atoms with E-state index in [2.05, 4.69) is 15.9 Å². The van der Waals surface area contributed by atoms with Gasteiger partial charge in [-0.3, -0.25) is 4.79 Å². The maximum absolute atomic E-state index is 12.0. The van der Waals surface area contributed by atoms with Crippen molar-refractivity contribution < 1.29 is 9.53 Å². The maximum Gasteiger partial charge on any atom is 0.239 e. The van der Waals surface area contributed by atoms with Gasteiger partial charge in [-0.2, -0.15) is 11.8 Å². The van der Waals surface area contributed by atoms with Crippen LogP contribution >= 0.6 is 27.7 Å². The number of nitrogens with zero attached hydrogens (tertiary/aromatic N) is 1. The number of halogens is 1. The third-order valence-corrected chi connectivity index (χ3v) is 4.01. The molecule has 0 aliphatic carbocycles. The highest BCUT2D eigenvalue weighted by atomic mass is 79.9. The molecule has 1 amide bonds. The van der Waals surface area contributed by atoms with Crippen LogP contribution in [0.3, 0.4) is 0 Å². The van der Waals surface area contributed by atoms with Gasteiger partial charge in [-0.15, -0.1) is 0 Å². The molecule has 112 valence electrons. The molecule has 0 fully saturated rings. The number of nitrogens with two attached hydrogens (primary N) is 1.